The summed E-state index contributed by atoms with van der Waals surface area (Å²) in [6, 6.07) is 36.2. The molecule has 0 bridgehead atoms. The van der Waals surface area contributed by atoms with Crippen LogP contribution in [0.25, 0.3) is 50.9 Å². The van der Waals surface area contributed by atoms with Crippen molar-refractivity contribution < 1.29 is 9.47 Å². The Balaban J connectivity index is 0.00000120. The van der Waals surface area contributed by atoms with E-state index in [4.69, 9.17) is 29.8 Å². The Kier molecular flexibility index (Phi) is 11.1. The first-order valence-corrected chi connectivity index (χ1v) is 19.4. The maximum Gasteiger partial charge on any atom is 0.177 e. The molecule has 0 atom stereocenters. The second-order valence-corrected chi connectivity index (χ2v) is 14.0. The summed E-state index contributed by atoms with van der Waals surface area (Å²) in [6.45, 7) is 18.3. The van der Waals surface area contributed by atoms with Crippen LogP contribution in [0.3, 0.4) is 0 Å². The second-order valence-electron chi connectivity index (χ2n) is 14.0. The van der Waals surface area contributed by atoms with Crippen molar-refractivity contribution in [2.45, 2.75) is 46.0 Å². The number of para-hydroxylation sites is 1. The van der Waals surface area contributed by atoms with E-state index in [1.165, 1.54) is 22.3 Å². The molecule has 0 saturated heterocycles. The van der Waals surface area contributed by atoms with Gasteiger partial charge in [0.2, 0.25) is 0 Å². The van der Waals surface area contributed by atoms with Gasteiger partial charge in [-0.05, 0) is 65.5 Å². The molecule has 6 aromatic rings. The van der Waals surface area contributed by atoms with Crippen LogP contribution < -0.4 is 9.47 Å². The first kappa shape index (κ1) is 38.4. The van der Waals surface area contributed by atoms with E-state index in [0.717, 1.165) is 57.7 Å². The van der Waals surface area contributed by atoms with Crippen LogP contribution in [0.4, 0.5) is 0 Å². The fraction of sp³-hybridized carbons (Fsp3) is 0.137. The van der Waals surface area contributed by atoms with Crippen molar-refractivity contribution >= 4 is 11.3 Å². The zero-order chi connectivity index (χ0) is 40.1. The van der Waals surface area contributed by atoms with Gasteiger partial charge in [-0.2, -0.15) is 0 Å². The van der Waals surface area contributed by atoms with E-state index in [1.54, 1.807) is 18.2 Å². The molecule has 3 aliphatic rings. The van der Waals surface area contributed by atoms with Crippen LogP contribution in [0.2, 0.25) is 0 Å². The molecule has 0 unspecified atom stereocenters. The number of hydrogen-bond acceptors (Lipinski definition) is 6. The van der Waals surface area contributed by atoms with Gasteiger partial charge in [0.1, 0.15) is 0 Å². The van der Waals surface area contributed by atoms with Gasteiger partial charge in [-0.15, -0.1) is 13.2 Å². The number of fused-ring (bicyclic) bond motifs is 5. The van der Waals surface area contributed by atoms with Gasteiger partial charge in [0, 0.05) is 38.8 Å². The van der Waals surface area contributed by atoms with Crippen molar-refractivity contribution in [2.24, 2.45) is 0 Å². The summed E-state index contributed by atoms with van der Waals surface area (Å²) in [4.78, 5) is 14.9. The lowest BCUT2D eigenvalue weighted by Crippen LogP contribution is -2.16. The molecule has 0 fully saturated rings. The zero-order valence-electron chi connectivity index (χ0n) is 33.0. The Hall–Kier alpha value is -6.92. The van der Waals surface area contributed by atoms with Gasteiger partial charge in [-0.1, -0.05) is 144 Å². The van der Waals surface area contributed by atoms with Crippen molar-refractivity contribution in [1.82, 2.24) is 15.0 Å². The standard InChI is InChI=1S/C47H36N4O2.C2H6.C2H4/c1-4-5-23-38(48)31-17-12-19-33(28-31)46-50-44(29-14-7-6-8-15-29)49-45(51-46)32-18-11-16-30(27-32)34-21-13-24-39-42(34)53-43-40(52-39)26-25-37-41(43)35-20-9-10-22-36(35)47(37,2)3;2*1-2/h4-8,10-19,21-28,48H,1,9,20H2,2-3H3;1-2H3;1-2H2/b23-5-,48-38?;;. The molecule has 2 heterocycles. The Morgan fingerprint density at radius 2 is 1.33 bits per heavy atom. The third kappa shape index (κ3) is 7.18. The molecule has 0 spiro atoms. The molecule has 1 N–H and O–H groups in total. The molecular weight excluding hydrogens is 701 g/mol. The van der Waals surface area contributed by atoms with E-state index in [-0.39, 0.29) is 5.41 Å². The summed E-state index contributed by atoms with van der Waals surface area (Å²) >= 11 is 0. The van der Waals surface area contributed by atoms with E-state index in [0.29, 0.717) is 34.7 Å². The van der Waals surface area contributed by atoms with Gasteiger partial charge in [-0.3, -0.25) is 0 Å². The minimum atomic E-state index is -0.109. The molecule has 0 radical (unpaired) electrons. The van der Waals surface area contributed by atoms with Crippen LogP contribution >= 0.6 is 0 Å². The molecule has 57 heavy (non-hydrogen) atoms. The molecule has 1 aromatic heterocycles. The number of hydrogen-bond donors (Lipinski definition) is 1. The number of ether oxygens (including phenoxy) is 2. The first-order valence-electron chi connectivity index (χ1n) is 19.4. The lowest BCUT2D eigenvalue weighted by Gasteiger charge is -2.27. The zero-order valence-corrected chi connectivity index (χ0v) is 33.0. The van der Waals surface area contributed by atoms with Crippen LogP contribution in [-0.2, 0) is 5.41 Å². The van der Waals surface area contributed by atoms with Crippen molar-refractivity contribution in [1.29, 1.82) is 5.41 Å². The van der Waals surface area contributed by atoms with Crippen LogP contribution in [-0.4, -0.2) is 20.7 Å². The summed E-state index contributed by atoms with van der Waals surface area (Å²) in [7, 11) is 0. The van der Waals surface area contributed by atoms with Gasteiger partial charge in [0.15, 0.2) is 40.5 Å². The average Bonchev–Trinajstić information content (AvgIpc) is 3.52. The van der Waals surface area contributed by atoms with Gasteiger partial charge in [0.05, 0.1) is 5.71 Å². The maximum absolute atomic E-state index is 8.54. The predicted octanol–water partition coefficient (Wildman–Crippen LogP) is 13.8. The molecule has 6 heteroatoms. The fourth-order valence-corrected chi connectivity index (χ4v) is 7.63. The SMILES string of the molecule is C=C.C=C/C=C\C(=N)c1cccc(-c2nc(-c3ccccc3)nc(-c3cccc(-c4cccc5c4Oc4c(ccc6c4C4=C(C=CCC4)C6(C)C)O5)c3)n2)c1.CC. The Bertz CT molecular complexity index is 2600. The van der Waals surface area contributed by atoms with E-state index in [1.807, 2.05) is 98.8 Å². The quantitative estimate of drug-likeness (QED) is 0.0998. The molecule has 0 amide bonds. The van der Waals surface area contributed by atoms with E-state index in [2.05, 4.69) is 70.0 Å². The average molecular weight is 747 g/mol. The molecule has 2 aliphatic carbocycles. The number of benzene rings is 5. The smallest absolute Gasteiger partial charge is 0.177 e. The third-order valence-corrected chi connectivity index (χ3v) is 10.3. The van der Waals surface area contributed by atoms with Gasteiger partial charge < -0.3 is 14.9 Å². The molecule has 1 aliphatic heterocycles. The predicted molar refractivity (Wildman–Crippen MR) is 235 cm³/mol. The number of rotatable bonds is 7. The molecule has 282 valence electrons. The number of aromatic nitrogens is 3. The van der Waals surface area contributed by atoms with Crippen molar-refractivity contribution in [3.8, 4) is 68.3 Å². The molecule has 6 nitrogen and oxygen atoms in total. The van der Waals surface area contributed by atoms with Gasteiger partial charge >= 0.3 is 0 Å². The first-order chi connectivity index (χ1) is 27.9. The maximum atomic E-state index is 8.54. The largest absolute Gasteiger partial charge is 0.449 e. The molecular formula is C51H46N4O2. The third-order valence-electron chi connectivity index (χ3n) is 10.3. The molecule has 5 aromatic carbocycles. The molecule has 9 rings (SSSR count). The van der Waals surface area contributed by atoms with Crippen LogP contribution in [0, 0.1) is 5.41 Å². The number of allylic oxidation sites excluding steroid dienone is 7. The highest BCUT2D eigenvalue weighted by Gasteiger charge is 2.41. The lowest BCUT2D eigenvalue weighted by molar-refractivity contribution is 0.359. The lowest BCUT2D eigenvalue weighted by atomic mass is 9.80. The fourth-order valence-electron chi connectivity index (χ4n) is 7.63. The highest BCUT2D eigenvalue weighted by atomic mass is 16.6. The summed E-state index contributed by atoms with van der Waals surface area (Å²) in [5.41, 5.74) is 10.6. The Morgan fingerprint density at radius 3 is 2.07 bits per heavy atom. The topological polar surface area (TPSA) is 81.0 Å². The highest BCUT2D eigenvalue weighted by Crippen LogP contribution is 2.59. The van der Waals surface area contributed by atoms with Crippen LogP contribution in [0.15, 0.2) is 165 Å². The summed E-state index contributed by atoms with van der Waals surface area (Å²) in [6.07, 6.45) is 11.7. The van der Waals surface area contributed by atoms with E-state index in [9.17, 15) is 0 Å². The van der Waals surface area contributed by atoms with E-state index < -0.39 is 0 Å². The monoisotopic (exact) mass is 746 g/mol. The van der Waals surface area contributed by atoms with Crippen molar-refractivity contribution in [2.75, 3.05) is 0 Å². The summed E-state index contributed by atoms with van der Waals surface area (Å²) < 4.78 is 13.5. The minimum Gasteiger partial charge on any atom is -0.449 e. The summed E-state index contributed by atoms with van der Waals surface area (Å²) in [5, 5.41) is 8.54. The number of nitrogens with zero attached hydrogens (tertiary/aromatic N) is 3. The van der Waals surface area contributed by atoms with Crippen LogP contribution in [0.1, 0.15) is 57.2 Å². The number of nitrogens with one attached hydrogen (secondary N) is 1. The minimum absolute atomic E-state index is 0.109. The Labute approximate surface area is 335 Å². The molecule has 0 saturated carbocycles. The summed E-state index contributed by atoms with van der Waals surface area (Å²) in [5.74, 6) is 4.53. The van der Waals surface area contributed by atoms with E-state index >= 15 is 0 Å². The van der Waals surface area contributed by atoms with Crippen molar-refractivity contribution in [3.63, 3.8) is 0 Å². The highest BCUT2D eigenvalue weighted by molar-refractivity contribution is 6.07. The van der Waals surface area contributed by atoms with Gasteiger partial charge in [0.25, 0.3) is 0 Å². The second kappa shape index (κ2) is 16.4. The van der Waals surface area contributed by atoms with Crippen LogP contribution in [0.5, 0.6) is 23.0 Å². The normalized spacial score (nSPS) is 14.0. The van der Waals surface area contributed by atoms with Gasteiger partial charge in [-0.25, -0.2) is 15.0 Å². The Morgan fingerprint density at radius 1 is 0.702 bits per heavy atom. The van der Waals surface area contributed by atoms with Crippen molar-refractivity contribution in [3.05, 3.63) is 182 Å².